The van der Waals surface area contributed by atoms with E-state index in [1.54, 1.807) is 12.1 Å². The molecule has 2 aliphatic rings. The molecular formula is C32H34F4. The van der Waals surface area contributed by atoms with Crippen LogP contribution in [0.15, 0.2) is 49.6 Å². The van der Waals surface area contributed by atoms with Crippen LogP contribution in [0, 0.1) is 52.9 Å². The molecular weight excluding hydrogens is 460 g/mol. The van der Waals surface area contributed by atoms with E-state index in [1.807, 2.05) is 6.08 Å². The van der Waals surface area contributed by atoms with Gasteiger partial charge in [0.2, 0.25) is 0 Å². The van der Waals surface area contributed by atoms with Crippen molar-refractivity contribution in [3.05, 3.63) is 95.1 Å². The van der Waals surface area contributed by atoms with Gasteiger partial charge >= 0.3 is 0 Å². The molecule has 0 N–H and O–H groups in total. The SMILES string of the molecule is C=CCCc1ccc(C#Cc2ccc(C3CCC4CC(CCC=C)CCC4C3)c(F)c2F)c(F)c1F. The zero-order chi connectivity index (χ0) is 25.7. The highest BCUT2D eigenvalue weighted by molar-refractivity contribution is 5.46. The molecule has 0 heterocycles. The van der Waals surface area contributed by atoms with Crippen LogP contribution < -0.4 is 0 Å². The summed E-state index contributed by atoms with van der Waals surface area (Å²) in [4.78, 5) is 0. The number of hydrogen-bond acceptors (Lipinski definition) is 0. The fourth-order valence-corrected chi connectivity index (χ4v) is 6.13. The highest BCUT2D eigenvalue weighted by Gasteiger charge is 2.36. The van der Waals surface area contributed by atoms with Gasteiger partial charge in [0, 0.05) is 0 Å². The molecule has 36 heavy (non-hydrogen) atoms. The van der Waals surface area contributed by atoms with Crippen molar-refractivity contribution in [1.29, 1.82) is 0 Å². The number of benzene rings is 2. The van der Waals surface area contributed by atoms with Crippen molar-refractivity contribution < 1.29 is 17.6 Å². The summed E-state index contributed by atoms with van der Waals surface area (Å²) in [5.74, 6) is 3.08. The minimum atomic E-state index is -1.07. The third-order valence-corrected chi connectivity index (χ3v) is 8.16. The van der Waals surface area contributed by atoms with Crippen LogP contribution in [0.4, 0.5) is 17.6 Å². The van der Waals surface area contributed by atoms with Crippen LogP contribution in [0.3, 0.4) is 0 Å². The molecule has 0 radical (unpaired) electrons. The minimum Gasteiger partial charge on any atom is -0.203 e. The Bertz CT molecular complexity index is 1170. The van der Waals surface area contributed by atoms with Crippen molar-refractivity contribution in [2.75, 3.05) is 0 Å². The Kier molecular flexibility index (Phi) is 8.72. The Hall–Kier alpha value is -2.80. The lowest BCUT2D eigenvalue weighted by Crippen LogP contribution is -2.30. The molecule has 2 aliphatic carbocycles. The maximum absolute atomic E-state index is 15.1. The first-order valence-corrected chi connectivity index (χ1v) is 13.1. The average Bonchev–Trinajstić information content (AvgIpc) is 2.89. The summed E-state index contributed by atoms with van der Waals surface area (Å²) >= 11 is 0. The average molecular weight is 495 g/mol. The Labute approximate surface area is 212 Å². The number of aryl methyl sites for hydroxylation is 1. The summed E-state index contributed by atoms with van der Waals surface area (Å²) in [6.45, 7) is 7.41. The molecule has 0 aliphatic heterocycles. The maximum Gasteiger partial charge on any atom is 0.174 e. The second-order valence-corrected chi connectivity index (χ2v) is 10.4. The first-order chi connectivity index (χ1) is 17.4. The van der Waals surface area contributed by atoms with E-state index in [0.717, 1.165) is 38.0 Å². The summed E-state index contributed by atoms with van der Waals surface area (Å²) in [7, 11) is 0. The van der Waals surface area contributed by atoms with E-state index in [2.05, 4.69) is 25.0 Å². The van der Waals surface area contributed by atoms with Crippen molar-refractivity contribution in [3.63, 3.8) is 0 Å². The van der Waals surface area contributed by atoms with Gasteiger partial charge in [0.25, 0.3) is 0 Å². The number of halogens is 4. The van der Waals surface area contributed by atoms with Crippen LogP contribution in [0.1, 0.15) is 86.0 Å². The number of hydrogen-bond donors (Lipinski definition) is 0. The molecule has 0 spiro atoms. The van der Waals surface area contributed by atoms with Gasteiger partial charge in [-0.05, 0) is 105 Å². The molecule has 2 aromatic rings. The predicted molar refractivity (Wildman–Crippen MR) is 138 cm³/mol. The number of fused-ring (bicyclic) bond motifs is 1. The Balaban J connectivity index is 1.47. The predicted octanol–water partition coefficient (Wildman–Crippen LogP) is 9.03. The largest absolute Gasteiger partial charge is 0.203 e. The van der Waals surface area contributed by atoms with E-state index in [0.29, 0.717) is 30.2 Å². The molecule has 2 fully saturated rings. The summed E-state index contributed by atoms with van der Waals surface area (Å²) < 4.78 is 58.8. The lowest BCUT2D eigenvalue weighted by atomic mass is 9.63. The second kappa shape index (κ2) is 12.0. The smallest absolute Gasteiger partial charge is 0.174 e. The first-order valence-electron chi connectivity index (χ1n) is 13.1. The standard InChI is InChI=1S/C32H34F4/c1-3-5-7-21-9-10-26-20-27(16-15-25(26)19-21)28-18-17-24(31(35)32(28)36)14-13-23-12-11-22(8-6-4-2)29(33)30(23)34/h3-4,11-12,17-18,21,25-27H,1-2,5-10,15-16,19-20H2. The molecule has 2 saturated carbocycles. The molecule has 0 amide bonds. The molecule has 0 bridgehead atoms. The summed E-state index contributed by atoms with van der Waals surface area (Å²) in [5.41, 5.74) is 0.317. The molecule has 4 unspecified atom stereocenters. The van der Waals surface area contributed by atoms with Crippen molar-refractivity contribution in [1.82, 2.24) is 0 Å². The number of rotatable bonds is 7. The van der Waals surface area contributed by atoms with Crippen molar-refractivity contribution in [2.45, 2.75) is 70.1 Å². The third kappa shape index (κ3) is 5.77. The monoisotopic (exact) mass is 494 g/mol. The normalized spacial score (nSPS) is 23.3. The van der Waals surface area contributed by atoms with Gasteiger partial charge < -0.3 is 0 Å². The lowest BCUT2D eigenvalue weighted by molar-refractivity contribution is 0.114. The van der Waals surface area contributed by atoms with Crippen molar-refractivity contribution >= 4 is 0 Å². The lowest BCUT2D eigenvalue weighted by Gasteiger charge is -2.42. The van der Waals surface area contributed by atoms with Gasteiger partial charge in [-0.1, -0.05) is 42.5 Å². The quantitative estimate of drug-likeness (QED) is 0.205. The van der Waals surface area contributed by atoms with Gasteiger partial charge in [-0.2, -0.15) is 0 Å². The Morgan fingerprint density at radius 3 is 2.08 bits per heavy atom. The van der Waals surface area contributed by atoms with Crippen LogP contribution in [-0.4, -0.2) is 0 Å². The van der Waals surface area contributed by atoms with Crippen LogP contribution in [0.5, 0.6) is 0 Å². The maximum atomic E-state index is 15.1. The van der Waals surface area contributed by atoms with Gasteiger partial charge in [-0.15, -0.1) is 13.2 Å². The zero-order valence-corrected chi connectivity index (χ0v) is 20.8. The van der Waals surface area contributed by atoms with E-state index in [1.165, 1.54) is 37.5 Å². The van der Waals surface area contributed by atoms with Gasteiger partial charge in [0.1, 0.15) is 0 Å². The fourth-order valence-electron chi connectivity index (χ4n) is 6.13. The Morgan fingerprint density at radius 1 is 0.722 bits per heavy atom. The van der Waals surface area contributed by atoms with Crippen molar-refractivity contribution in [3.8, 4) is 11.8 Å². The summed E-state index contributed by atoms with van der Waals surface area (Å²) in [5, 5.41) is 0. The molecule has 4 rings (SSSR count). The van der Waals surface area contributed by atoms with Crippen LogP contribution in [0.2, 0.25) is 0 Å². The second-order valence-electron chi connectivity index (χ2n) is 10.4. The molecule has 0 aromatic heterocycles. The highest BCUT2D eigenvalue weighted by Crippen LogP contribution is 2.48. The first kappa shape index (κ1) is 26.3. The minimum absolute atomic E-state index is 0.00198. The van der Waals surface area contributed by atoms with Gasteiger partial charge in [0.15, 0.2) is 23.3 Å². The van der Waals surface area contributed by atoms with E-state index in [9.17, 15) is 13.2 Å². The van der Waals surface area contributed by atoms with Gasteiger partial charge in [0.05, 0.1) is 11.1 Å². The van der Waals surface area contributed by atoms with Crippen LogP contribution in [-0.2, 0) is 6.42 Å². The molecule has 0 nitrogen and oxygen atoms in total. The topological polar surface area (TPSA) is 0 Å². The van der Waals surface area contributed by atoms with Gasteiger partial charge in [-0.25, -0.2) is 17.6 Å². The molecule has 190 valence electrons. The van der Waals surface area contributed by atoms with Crippen LogP contribution in [0.25, 0.3) is 0 Å². The van der Waals surface area contributed by atoms with E-state index in [4.69, 9.17) is 0 Å². The molecule has 0 saturated heterocycles. The Morgan fingerprint density at radius 2 is 1.36 bits per heavy atom. The zero-order valence-electron chi connectivity index (χ0n) is 20.8. The fraction of sp³-hybridized carbons (Fsp3) is 0.438. The highest BCUT2D eigenvalue weighted by atomic mass is 19.2. The molecule has 4 heteroatoms. The molecule has 2 aromatic carbocycles. The van der Waals surface area contributed by atoms with E-state index >= 15 is 4.39 Å². The summed E-state index contributed by atoms with van der Waals surface area (Å²) in [6, 6.07) is 5.93. The van der Waals surface area contributed by atoms with Crippen LogP contribution >= 0.6 is 0 Å². The third-order valence-electron chi connectivity index (χ3n) is 8.16. The summed E-state index contributed by atoms with van der Waals surface area (Å²) in [6.07, 6.45) is 13.2. The molecule has 4 atom stereocenters. The van der Waals surface area contributed by atoms with Crippen molar-refractivity contribution in [2.24, 2.45) is 17.8 Å². The van der Waals surface area contributed by atoms with E-state index in [-0.39, 0.29) is 22.6 Å². The van der Waals surface area contributed by atoms with E-state index < -0.39 is 23.3 Å². The number of allylic oxidation sites excluding steroid dienone is 2. The van der Waals surface area contributed by atoms with Gasteiger partial charge in [-0.3, -0.25) is 0 Å².